The maximum Gasteiger partial charge on any atom is -0.0326 e. The Kier molecular flexibility index (Phi) is 1.83. The van der Waals surface area contributed by atoms with Crippen LogP contribution in [0.25, 0.3) is 0 Å². The van der Waals surface area contributed by atoms with E-state index in [4.69, 9.17) is 0 Å². The average Bonchev–Trinajstić information content (AvgIpc) is 2.13. The SMILES string of the molecule is CC[C@]1(C)CCC(C)C1. The molecule has 0 amide bonds. The van der Waals surface area contributed by atoms with E-state index in [0.717, 1.165) is 5.92 Å². The lowest BCUT2D eigenvalue weighted by atomic mass is 9.85. The fraction of sp³-hybridized carbons (Fsp3) is 1.00. The van der Waals surface area contributed by atoms with Crippen molar-refractivity contribution in [1.82, 2.24) is 0 Å². The van der Waals surface area contributed by atoms with Crippen LogP contribution >= 0.6 is 0 Å². The van der Waals surface area contributed by atoms with Crippen molar-refractivity contribution in [3.05, 3.63) is 0 Å². The maximum absolute atomic E-state index is 2.43. The van der Waals surface area contributed by atoms with E-state index >= 15 is 0 Å². The first-order valence-corrected chi connectivity index (χ1v) is 4.16. The van der Waals surface area contributed by atoms with E-state index in [9.17, 15) is 0 Å². The van der Waals surface area contributed by atoms with E-state index < -0.39 is 0 Å². The third kappa shape index (κ3) is 1.47. The van der Waals surface area contributed by atoms with Crippen LogP contribution in [0.5, 0.6) is 0 Å². The Morgan fingerprint density at radius 3 is 2.44 bits per heavy atom. The van der Waals surface area contributed by atoms with Gasteiger partial charge in [0.2, 0.25) is 0 Å². The zero-order valence-corrected chi connectivity index (χ0v) is 6.91. The lowest BCUT2D eigenvalue weighted by molar-refractivity contribution is 0.312. The molecule has 1 unspecified atom stereocenters. The molecule has 2 atom stereocenters. The summed E-state index contributed by atoms with van der Waals surface area (Å²) in [5.74, 6) is 0.995. The minimum absolute atomic E-state index is 0.708. The molecule has 0 N–H and O–H groups in total. The summed E-state index contributed by atoms with van der Waals surface area (Å²) in [7, 11) is 0. The topological polar surface area (TPSA) is 0 Å². The Balaban J connectivity index is 2.45. The van der Waals surface area contributed by atoms with Crippen molar-refractivity contribution in [2.45, 2.75) is 46.5 Å². The van der Waals surface area contributed by atoms with E-state index in [-0.39, 0.29) is 0 Å². The highest BCUT2D eigenvalue weighted by molar-refractivity contribution is 4.82. The van der Waals surface area contributed by atoms with Crippen LogP contribution in [0, 0.1) is 11.3 Å². The second-order valence-corrected chi connectivity index (χ2v) is 4.01. The predicted octanol–water partition coefficient (Wildman–Crippen LogP) is 3.22. The van der Waals surface area contributed by atoms with Crippen LogP contribution in [-0.4, -0.2) is 0 Å². The van der Waals surface area contributed by atoms with Gasteiger partial charge in [-0.05, 0) is 24.2 Å². The molecule has 0 radical (unpaired) electrons. The molecule has 0 aromatic heterocycles. The van der Waals surface area contributed by atoms with Crippen LogP contribution in [0.4, 0.5) is 0 Å². The summed E-state index contributed by atoms with van der Waals surface area (Å²) in [5.41, 5.74) is 0.708. The summed E-state index contributed by atoms with van der Waals surface area (Å²) in [6.07, 6.45) is 5.76. The van der Waals surface area contributed by atoms with Crippen LogP contribution in [-0.2, 0) is 0 Å². The molecule has 0 heterocycles. The van der Waals surface area contributed by atoms with Crippen LogP contribution in [0.2, 0.25) is 0 Å². The summed E-state index contributed by atoms with van der Waals surface area (Å²) in [6.45, 7) is 7.12. The van der Waals surface area contributed by atoms with Gasteiger partial charge in [-0.1, -0.05) is 33.6 Å². The van der Waals surface area contributed by atoms with Gasteiger partial charge in [-0.2, -0.15) is 0 Å². The normalized spacial score (nSPS) is 43.7. The molecule has 0 heteroatoms. The van der Waals surface area contributed by atoms with Gasteiger partial charge >= 0.3 is 0 Å². The van der Waals surface area contributed by atoms with Crippen molar-refractivity contribution in [3.8, 4) is 0 Å². The maximum atomic E-state index is 2.43. The van der Waals surface area contributed by atoms with Crippen molar-refractivity contribution < 1.29 is 0 Å². The molecule has 0 saturated heterocycles. The second kappa shape index (κ2) is 2.32. The summed E-state index contributed by atoms with van der Waals surface area (Å²) in [4.78, 5) is 0. The number of rotatable bonds is 1. The third-order valence-electron chi connectivity index (χ3n) is 2.94. The molecule has 1 aliphatic rings. The molecule has 0 aromatic rings. The smallest absolute Gasteiger partial charge is 0.0326 e. The molecular weight excluding hydrogens is 108 g/mol. The first-order chi connectivity index (χ1) is 4.16. The lowest BCUT2D eigenvalue weighted by Gasteiger charge is -2.20. The molecule has 0 aromatic carbocycles. The molecular formula is C9H18. The van der Waals surface area contributed by atoms with Gasteiger partial charge in [0.25, 0.3) is 0 Å². The first kappa shape index (κ1) is 7.11. The van der Waals surface area contributed by atoms with Crippen molar-refractivity contribution in [1.29, 1.82) is 0 Å². The van der Waals surface area contributed by atoms with Crippen molar-refractivity contribution in [2.75, 3.05) is 0 Å². The van der Waals surface area contributed by atoms with Gasteiger partial charge < -0.3 is 0 Å². The second-order valence-electron chi connectivity index (χ2n) is 4.01. The van der Waals surface area contributed by atoms with E-state index in [0.29, 0.717) is 5.41 Å². The third-order valence-corrected chi connectivity index (χ3v) is 2.94. The van der Waals surface area contributed by atoms with Crippen LogP contribution in [0.3, 0.4) is 0 Å². The van der Waals surface area contributed by atoms with Gasteiger partial charge in [0.05, 0.1) is 0 Å². The van der Waals surface area contributed by atoms with Crippen LogP contribution in [0.1, 0.15) is 46.5 Å². The predicted molar refractivity (Wildman–Crippen MR) is 41.4 cm³/mol. The Hall–Kier alpha value is 0. The van der Waals surface area contributed by atoms with Gasteiger partial charge in [0.1, 0.15) is 0 Å². The largest absolute Gasteiger partial charge is 0.0649 e. The highest BCUT2D eigenvalue weighted by Crippen LogP contribution is 2.43. The molecule has 1 fully saturated rings. The molecule has 0 aliphatic heterocycles. The number of hydrogen-bond donors (Lipinski definition) is 0. The highest BCUT2D eigenvalue weighted by atomic mass is 14.4. The van der Waals surface area contributed by atoms with Crippen LogP contribution < -0.4 is 0 Å². The molecule has 0 bridgehead atoms. The molecule has 1 saturated carbocycles. The first-order valence-electron chi connectivity index (χ1n) is 4.16. The Morgan fingerprint density at radius 2 is 2.22 bits per heavy atom. The fourth-order valence-corrected chi connectivity index (χ4v) is 1.96. The molecule has 54 valence electrons. The summed E-state index contributed by atoms with van der Waals surface area (Å²) in [6, 6.07) is 0. The standard InChI is InChI=1S/C9H18/c1-4-9(3)6-5-8(2)7-9/h8H,4-7H2,1-3H3/t8?,9-/m1/s1. The van der Waals surface area contributed by atoms with Crippen molar-refractivity contribution >= 4 is 0 Å². The van der Waals surface area contributed by atoms with Gasteiger partial charge in [0, 0.05) is 0 Å². The lowest BCUT2D eigenvalue weighted by Crippen LogP contribution is -2.08. The molecule has 1 aliphatic carbocycles. The zero-order chi connectivity index (χ0) is 6.91. The van der Waals surface area contributed by atoms with E-state index in [1.807, 2.05) is 0 Å². The zero-order valence-electron chi connectivity index (χ0n) is 6.91. The molecule has 1 rings (SSSR count). The van der Waals surface area contributed by atoms with Crippen molar-refractivity contribution in [2.24, 2.45) is 11.3 Å². The summed E-state index contributed by atoms with van der Waals surface area (Å²) < 4.78 is 0. The minimum Gasteiger partial charge on any atom is -0.0649 e. The monoisotopic (exact) mass is 126 g/mol. The number of hydrogen-bond acceptors (Lipinski definition) is 0. The molecule has 0 nitrogen and oxygen atoms in total. The van der Waals surface area contributed by atoms with Crippen molar-refractivity contribution in [3.63, 3.8) is 0 Å². The quantitative estimate of drug-likeness (QED) is 0.506. The Bertz CT molecular complexity index is 96.2. The minimum atomic E-state index is 0.708. The van der Waals surface area contributed by atoms with Gasteiger partial charge in [0.15, 0.2) is 0 Å². The Morgan fingerprint density at radius 1 is 1.56 bits per heavy atom. The summed E-state index contributed by atoms with van der Waals surface area (Å²) >= 11 is 0. The summed E-state index contributed by atoms with van der Waals surface area (Å²) in [5, 5.41) is 0. The van der Waals surface area contributed by atoms with Crippen LogP contribution in [0.15, 0.2) is 0 Å². The molecule has 0 spiro atoms. The van der Waals surface area contributed by atoms with Gasteiger partial charge in [-0.3, -0.25) is 0 Å². The fourth-order valence-electron chi connectivity index (χ4n) is 1.96. The van der Waals surface area contributed by atoms with E-state index in [1.54, 1.807) is 0 Å². The van der Waals surface area contributed by atoms with Gasteiger partial charge in [-0.15, -0.1) is 0 Å². The average molecular weight is 126 g/mol. The van der Waals surface area contributed by atoms with E-state index in [1.165, 1.54) is 25.7 Å². The van der Waals surface area contributed by atoms with E-state index in [2.05, 4.69) is 20.8 Å². The highest BCUT2D eigenvalue weighted by Gasteiger charge is 2.30. The molecule has 9 heavy (non-hydrogen) atoms. The van der Waals surface area contributed by atoms with Gasteiger partial charge in [-0.25, -0.2) is 0 Å². The Labute approximate surface area is 58.7 Å².